The molecule has 7 heteroatoms. The van der Waals surface area contributed by atoms with Crippen LogP contribution >= 0.6 is 0 Å². The number of imidazole rings is 1. The lowest BCUT2D eigenvalue weighted by Crippen LogP contribution is -2.38. The number of aromatic nitrogens is 5. The molecule has 3 aromatic heterocycles. The van der Waals surface area contributed by atoms with Crippen molar-refractivity contribution in [1.29, 1.82) is 0 Å². The Hall–Kier alpha value is -3.48. The second kappa shape index (κ2) is 7.16. The van der Waals surface area contributed by atoms with Gasteiger partial charge in [-0.3, -0.25) is 9.89 Å². The van der Waals surface area contributed by atoms with Gasteiger partial charge in [-0.1, -0.05) is 11.6 Å². The van der Waals surface area contributed by atoms with Gasteiger partial charge in [0.1, 0.15) is 0 Å². The summed E-state index contributed by atoms with van der Waals surface area (Å²) in [5.74, 6) is 0.0651. The zero-order chi connectivity index (χ0) is 19.8. The summed E-state index contributed by atoms with van der Waals surface area (Å²) in [6.07, 6.45) is 11.1. The van der Waals surface area contributed by atoms with Crippen LogP contribution in [0.4, 0.5) is 0 Å². The SMILES string of the molecule is Cc1ccc2nc(-c3cn[nH]c3)cc(C(=O)N3CCC[C@@H]3Cn3ccnc3)c2c1. The second-order valence-corrected chi connectivity index (χ2v) is 7.62. The first kappa shape index (κ1) is 17.6. The zero-order valence-electron chi connectivity index (χ0n) is 16.2. The second-order valence-electron chi connectivity index (χ2n) is 7.62. The lowest BCUT2D eigenvalue weighted by atomic mass is 10.0. The van der Waals surface area contributed by atoms with E-state index in [1.54, 1.807) is 18.6 Å². The van der Waals surface area contributed by atoms with Crippen LogP contribution in [0, 0.1) is 6.92 Å². The van der Waals surface area contributed by atoms with Crippen molar-refractivity contribution in [3.63, 3.8) is 0 Å². The van der Waals surface area contributed by atoms with Crippen molar-refractivity contribution in [2.24, 2.45) is 0 Å². The maximum absolute atomic E-state index is 13.7. The minimum Gasteiger partial charge on any atom is -0.335 e. The Morgan fingerprint density at radius 2 is 2.24 bits per heavy atom. The van der Waals surface area contributed by atoms with Crippen molar-refractivity contribution in [2.45, 2.75) is 32.4 Å². The number of fused-ring (bicyclic) bond motifs is 1. The summed E-state index contributed by atoms with van der Waals surface area (Å²) in [5.41, 5.74) is 4.26. The highest BCUT2D eigenvalue weighted by atomic mass is 16.2. The molecule has 1 N–H and O–H groups in total. The van der Waals surface area contributed by atoms with E-state index < -0.39 is 0 Å². The van der Waals surface area contributed by atoms with Gasteiger partial charge in [0, 0.05) is 48.7 Å². The summed E-state index contributed by atoms with van der Waals surface area (Å²) in [4.78, 5) is 24.6. The van der Waals surface area contributed by atoms with Crippen molar-refractivity contribution in [3.05, 3.63) is 66.5 Å². The number of nitrogens with zero attached hydrogens (tertiary/aromatic N) is 5. The molecule has 1 atom stereocenters. The number of aryl methyl sites for hydroxylation is 1. The van der Waals surface area contributed by atoms with Crippen LogP contribution in [0.3, 0.4) is 0 Å². The number of likely N-dealkylation sites (tertiary alicyclic amines) is 1. The van der Waals surface area contributed by atoms with Gasteiger partial charge in [0.15, 0.2) is 0 Å². The maximum atomic E-state index is 13.7. The number of aromatic amines is 1. The van der Waals surface area contributed by atoms with Crippen LogP contribution < -0.4 is 0 Å². The first-order valence-electron chi connectivity index (χ1n) is 9.86. The van der Waals surface area contributed by atoms with E-state index in [0.29, 0.717) is 5.56 Å². The van der Waals surface area contributed by atoms with Crippen LogP contribution in [-0.2, 0) is 6.54 Å². The molecule has 7 nitrogen and oxygen atoms in total. The fraction of sp³-hybridized carbons (Fsp3) is 0.273. The molecular formula is C22H22N6O. The van der Waals surface area contributed by atoms with Crippen LogP contribution in [0.25, 0.3) is 22.2 Å². The Balaban J connectivity index is 1.57. The molecule has 1 amide bonds. The van der Waals surface area contributed by atoms with E-state index >= 15 is 0 Å². The molecule has 1 aromatic carbocycles. The Labute approximate surface area is 168 Å². The number of nitrogens with one attached hydrogen (secondary N) is 1. The topological polar surface area (TPSA) is 79.7 Å². The van der Waals surface area contributed by atoms with E-state index in [9.17, 15) is 4.79 Å². The lowest BCUT2D eigenvalue weighted by Gasteiger charge is -2.26. The Morgan fingerprint density at radius 3 is 3.03 bits per heavy atom. The predicted molar refractivity (Wildman–Crippen MR) is 110 cm³/mol. The first-order chi connectivity index (χ1) is 14.2. The van der Waals surface area contributed by atoms with Gasteiger partial charge in [0.2, 0.25) is 0 Å². The monoisotopic (exact) mass is 386 g/mol. The van der Waals surface area contributed by atoms with Gasteiger partial charge in [0.05, 0.1) is 29.3 Å². The molecule has 0 radical (unpaired) electrons. The third-order valence-electron chi connectivity index (χ3n) is 5.61. The van der Waals surface area contributed by atoms with Gasteiger partial charge in [-0.15, -0.1) is 0 Å². The average molecular weight is 386 g/mol. The smallest absolute Gasteiger partial charge is 0.254 e. The van der Waals surface area contributed by atoms with Gasteiger partial charge >= 0.3 is 0 Å². The largest absolute Gasteiger partial charge is 0.335 e. The lowest BCUT2D eigenvalue weighted by molar-refractivity contribution is 0.0726. The highest BCUT2D eigenvalue weighted by molar-refractivity contribution is 6.07. The summed E-state index contributed by atoms with van der Waals surface area (Å²) in [6.45, 7) is 3.58. The van der Waals surface area contributed by atoms with Crippen LogP contribution in [0.1, 0.15) is 28.8 Å². The van der Waals surface area contributed by atoms with Crippen molar-refractivity contribution in [3.8, 4) is 11.3 Å². The first-order valence-corrected chi connectivity index (χ1v) is 9.86. The van der Waals surface area contributed by atoms with E-state index in [4.69, 9.17) is 4.98 Å². The summed E-state index contributed by atoms with van der Waals surface area (Å²) >= 11 is 0. The molecule has 1 fully saturated rings. The molecule has 5 rings (SSSR count). The number of hydrogen-bond donors (Lipinski definition) is 1. The molecule has 0 saturated carbocycles. The van der Waals surface area contributed by atoms with Crippen molar-refractivity contribution < 1.29 is 4.79 Å². The fourth-order valence-electron chi connectivity index (χ4n) is 4.14. The van der Waals surface area contributed by atoms with Crippen LogP contribution in [0.5, 0.6) is 0 Å². The normalized spacial score (nSPS) is 16.6. The fourth-order valence-corrected chi connectivity index (χ4v) is 4.14. The van der Waals surface area contributed by atoms with Crippen LogP contribution in [-0.4, -0.2) is 48.1 Å². The third kappa shape index (κ3) is 3.29. The molecule has 0 aliphatic carbocycles. The minimum atomic E-state index is 0.0651. The summed E-state index contributed by atoms with van der Waals surface area (Å²) in [5, 5.41) is 7.76. The quantitative estimate of drug-likeness (QED) is 0.583. The number of pyridine rings is 1. The number of carbonyl (C=O) groups is 1. The zero-order valence-corrected chi connectivity index (χ0v) is 16.2. The molecule has 4 aromatic rings. The van der Waals surface area contributed by atoms with E-state index in [2.05, 4.69) is 21.2 Å². The molecule has 0 bridgehead atoms. The van der Waals surface area contributed by atoms with Crippen molar-refractivity contribution >= 4 is 16.8 Å². The summed E-state index contributed by atoms with van der Waals surface area (Å²) in [6, 6.07) is 8.14. The molecule has 1 aliphatic rings. The van der Waals surface area contributed by atoms with Gasteiger partial charge < -0.3 is 9.47 Å². The Kier molecular flexibility index (Phi) is 4.35. The van der Waals surface area contributed by atoms with Gasteiger partial charge in [-0.25, -0.2) is 9.97 Å². The van der Waals surface area contributed by atoms with Crippen LogP contribution in [0.15, 0.2) is 55.4 Å². The van der Waals surface area contributed by atoms with Gasteiger partial charge in [-0.05, 0) is 38.0 Å². The number of benzene rings is 1. The molecule has 1 aliphatic heterocycles. The molecular weight excluding hydrogens is 364 g/mol. The number of H-pyrrole nitrogens is 1. The standard InChI is InChI=1S/C22H22N6O/c1-15-4-5-20-18(9-15)19(10-21(26-20)16-11-24-25-12-16)22(29)28-7-2-3-17(28)13-27-8-6-23-14-27/h4-6,8-12,14,17H,2-3,7,13H2,1H3,(H,24,25)/t17-/m1/s1. The van der Waals surface area contributed by atoms with Crippen molar-refractivity contribution in [1.82, 2.24) is 29.6 Å². The van der Waals surface area contributed by atoms with Crippen molar-refractivity contribution in [2.75, 3.05) is 6.54 Å². The average Bonchev–Trinajstić information content (AvgIpc) is 3.50. The Morgan fingerprint density at radius 1 is 1.31 bits per heavy atom. The molecule has 0 unspecified atom stereocenters. The number of carbonyl (C=O) groups excluding carboxylic acids is 1. The van der Waals surface area contributed by atoms with Gasteiger partial charge in [-0.2, -0.15) is 5.10 Å². The van der Waals surface area contributed by atoms with E-state index in [-0.39, 0.29) is 11.9 Å². The molecule has 146 valence electrons. The summed E-state index contributed by atoms with van der Waals surface area (Å²) < 4.78 is 2.04. The number of amides is 1. The Bertz CT molecular complexity index is 1150. The van der Waals surface area contributed by atoms with Crippen LogP contribution in [0.2, 0.25) is 0 Å². The highest BCUT2D eigenvalue weighted by Crippen LogP contribution is 2.29. The summed E-state index contributed by atoms with van der Waals surface area (Å²) in [7, 11) is 0. The number of hydrogen-bond acceptors (Lipinski definition) is 4. The number of rotatable bonds is 4. The molecule has 0 spiro atoms. The maximum Gasteiger partial charge on any atom is 0.254 e. The minimum absolute atomic E-state index is 0.0651. The van der Waals surface area contributed by atoms with E-state index in [1.807, 2.05) is 47.1 Å². The predicted octanol–water partition coefficient (Wildman–Crippen LogP) is 3.43. The highest BCUT2D eigenvalue weighted by Gasteiger charge is 2.31. The molecule has 4 heterocycles. The van der Waals surface area contributed by atoms with E-state index in [1.165, 1.54) is 0 Å². The molecule has 29 heavy (non-hydrogen) atoms. The third-order valence-corrected chi connectivity index (χ3v) is 5.61. The molecule has 1 saturated heterocycles. The van der Waals surface area contributed by atoms with E-state index in [0.717, 1.165) is 53.7 Å². The van der Waals surface area contributed by atoms with Gasteiger partial charge in [0.25, 0.3) is 5.91 Å².